The number of hydrogen-bond donors (Lipinski definition) is 1. The maximum Gasteiger partial charge on any atom is 0.265 e. The molecule has 0 saturated carbocycles. The molecule has 0 fully saturated rings. The van der Waals surface area contributed by atoms with Gasteiger partial charge >= 0.3 is 0 Å². The molecule has 1 aliphatic heterocycles. The minimum absolute atomic E-state index is 0.0373. The number of halogens is 2. The number of carbonyl (C=O) groups is 1. The Morgan fingerprint density at radius 2 is 1.85 bits per heavy atom. The number of nitrogens with one attached hydrogen (secondary N) is 1. The van der Waals surface area contributed by atoms with Gasteiger partial charge in [-0.1, -0.05) is 44.0 Å². The number of benzene rings is 3. The van der Waals surface area contributed by atoms with Crippen LogP contribution in [-0.4, -0.2) is 32.4 Å². The van der Waals surface area contributed by atoms with E-state index in [1.807, 2.05) is 24.0 Å². The fourth-order valence-corrected chi connectivity index (χ4v) is 6.64. The first-order valence-electron chi connectivity index (χ1n) is 10.8. The molecule has 0 radical (unpaired) electrons. The molecule has 1 N–H and O–H groups in total. The fraction of sp³-hybridized carbons (Fsp3) is 0.240. The van der Waals surface area contributed by atoms with Crippen LogP contribution in [0, 0.1) is 0 Å². The minimum Gasteiger partial charge on any atom is -0.492 e. The zero-order valence-electron chi connectivity index (χ0n) is 18.7. The second-order valence-electron chi connectivity index (χ2n) is 7.94. The van der Waals surface area contributed by atoms with Crippen molar-refractivity contribution < 1.29 is 17.9 Å². The molecule has 0 aliphatic carbocycles. The van der Waals surface area contributed by atoms with E-state index < -0.39 is 10.0 Å². The Bertz CT molecular complexity index is 1330. The van der Waals surface area contributed by atoms with Gasteiger partial charge in [0, 0.05) is 26.7 Å². The monoisotopic (exact) mass is 606 g/mol. The Morgan fingerprint density at radius 1 is 1.12 bits per heavy atom. The molecule has 1 heterocycles. The van der Waals surface area contributed by atoms with Gasteiger partial charge in [-0.05, 0) is 79.9 Å². The number of sulfonamides is 1. The highest BCUT2D eigenvalue weighted by atomic mass is 79.9. The molecule has 3 aromatic rings. The summed E-state index contributed by atoms with van der Waals surface area (Å²) in [6.07, 6.45) is 0.789. The average molecular weight is 608 g/mol. The summed E-state index contributed by atoms with van der Waals surface area (Å²) in [6.45, 7) is 4.79. The number of fused-ring (bicyclic) bond motifs is 1. The third-order valence-electron chi connectivity index (χ3n) is 5.79. The Hall–Kier alpha value is -2.36. The van der Waals surface area contributed by atoms with E-state index in [1.165, 1.54) is 11.6 Å². The molecular formula is C25H24Br2N2O4S. The molecule has 3 aromatic carbocycles. The molecular weight excluding hydrogens is 584 g/mol. The summed E-state index contributed by atoms with van der Waals surface area (Å²) in [6, 6.07) is 17.4. The highest BCUT2D eigenvalue weighted by Crippen LogP contribution is 2.36. The normalized spacial score (nSPS) is 15.5. The molecule has 1 amide bonds. The van der Waals surface area contributed by atoms with E-state index in [0.717, 1.165) is 16.5 Å². The van der Waals surface area contributed by atoms with Crippen LogP contribution in [0.25, 0.3) is 0 Å². The van der Waals surface area contributed by atoms with Gasteiger partial charge < -0.3 is 9.64 Å². The van der Waals surface area contributed by atoms with Crippen molar-refractivity contribution in [3.05, 3.63) is 86.3 Å². The fourth-order valence-electron chi connectivity index (χ4n) is 4.16. The summed E-state index contributed by atoms with van der Waals surface area (Å²) in [5.74, 6) is 0.185. The number of anilines is 1. The van der Waals surface area contributed by atoms with Gasteiger partial charge in [0.15, 0.2) is 0 Å². The number of carbonyl (C=O) groups excluding carboxylic acids is 1. The number of rotatable bonds is 6. The lowest BCUT2D eigenvalue weighted by molar-refractivity contribution is 0.0677. The predicted octanol–water partition coefficient (Wildman–Crippen LogP) is 6.17. The summed E-state index contributed by atoms with van der Waals surface area (Å²) in [4.78, 5) is 15.1. The number of ether oxygens (including phenoxy) is 1. The minimum atomic E-state index is -3.89. The van der Waals surface area contributed by atoms with Crippen molar-refractivity contribution in [3.63, 3.8) is 0 Å². The second-order valence-corrected chi connectivity index (χ2v) is 11.4. The zero-order chi connectivity index (χ0) is 24.5. The third kappa shape index (κ3) is 5.01. The molecule has 1 unspecified atom stereocenters. The lowest BCUT2D eigenvalue weighted by Crippen LogP contribution is -2.39. The summed E-state index contributed by atoms with van der Waals surface area (Å²) >= 11 is 6.93. The molecule has 0 saturated heterocycles. The van der Waals surface area contributed by atoms with E-state index in [9.17, 15) is 13.2 Å². The third-order valence-corrected chi connectivity index (χ3v) is 8.38. The van der Waals surface area contributed by atoms with Gasteiger partial charge in [0.05, 0.1) is 12.6 Å². The van der Waals surface area contributed by atoms with Crippen LogP contribution in [0.15, 0.2) is 74.5 Å². The predicted molar refractivity (Wildman–Crippen MR) is 140 cm³/mol. The highest BCUT2D eigenvalue weighted by molar-refractivity contribution is 9.10. The Kier molecular flexibility index (Phi) is 7.35. The Labute approximate surface area is 216 Å². The SMILES string of the molecule is CCOc1ccc(Br)cc1S(=O)(=O)Nc1ccc(C(=O)N2CCc3cccc(Br)c3C2C)cc1. The first kappa shape index (κ1) is 24.8. The van der Waals surface area contributed by atoms with Crippen LogP contribution in [0.1, 0.15) is 41.4 Å². The molecule has 9 heteroatoms. The molecule has 6 nitrogen and oxygen atoms in total. The van der Waals surface area contributed by atoms with Crippen LogP contribution >= 0.6 is 31.9 Å². The van der Waals surface area contributed by atoms with Crippen molar-refractivity contribution in [2.45, 2.75) is 31.2 Å². The molecule has 0 bridgehead atoms. The Balaban J connectivity index is 1.53. The zero-order valence-corrected chi connectivity index (χ0v) is 22.7. The van der Waals surface area contributed by atoms with Crippen LogP contribution in [0.5, 0.6) is 5.75 Å². The van der Waals surface area contributed by atoms with Gasteiger partial charge in [-0.3, -0.25) is 9.52 Å². The molecule has 34 heavy (non-hydrogen) atoms. The van der Waals surface area contributed by atoms with Crippen molar-refractivity contribution in [1.82, 2.24) is 4.90 Å². The van der Waals surface area contributed by atoms with E-state index >= 15 is 0 Å². The lowest BCUT2D eigenvalue weighted by atomic mass is 9.93. The smallest absolute Gasteiger partial charge is 0.265 e. The number of hydrogen-bond acceptors (Lipinski definition) is 4. The van der Waals surface area contributed by atoms with Gasteiger partial charge in [0.25, 0.3) is 15.9 Å². The van der Waals surface area contributed by atoms with Gasteiger partial charge in [-0.2, -0.15) is 0 Å². The molecule has 1 aliphatic rings. The summed E-state index contributed by atoms with van der Waals surface area (Å²) in [5, 5.41) is 0. The Morgan fingerprint density at radius 3 is 2.56 bits per heavy atom. The topological polar surface area (TPSA) is 75.7 Å². The summed E-state index contributed by atoms with van der Waals surface area (Å²) in [7, 11) is -3.89. The molecule has 0 aromatic heterocycles. The van der Waals surface area contributed by atoms with Crippen molar-refractivity contribution in [3.8, 4) is 5.75 Å². The maximum atomic E-state index is 13.3. The summed E-state index contributed by atoms with van der Waals surface area (Å²) in [5.41, 5.74) is 3.24. The first-order valence-corrected chi connectivity index (χ1v) is 13.9. The van der Waals surface area contributed by atoms with E-state index in [1.54, 1.807) is 43.3 Å². The number of nitrogens with zero attached hydrogens (tertiary/aromatic N) is 1. The second kappa shape index (κ2) is 10.1. The molecule has 178 valence electrons. The van der Waals surface area contributed by atoms with Crippen LogP contribution < -0.4 is 9.46 Å². The average Bonchev–Trinajstić information content (AvgIpc) is 2.80. The van der Waals surface area contributed by atoms with Crippen molar-refractivity contribution >= 4 is 53.5 Å². The standard InChI is InChI=1S/C25H24Br2N2O4S/c1-3-33-22-12-9-19(26)15-23(22)34(31,32)28-20-10-7-18(8-11-20)25(30)29-14-13-17-5-4-6-21(27)24(17)16(29)2/h4-12,15-16,28H,3,13-14H2,1-2H3. The van der Waals surface area contributed by atoms with Gasteiger partial charge in [0.1, 0.15) is 10.6 Å². The van der Waals surface area contributed by atoms with Crippen LogP contribution in [0.4, 0.5) is 5.69 Å². The van der Waals surface area contributed by atoms with Crippen LogP contribution in [0.3, 0.4) is 0 Å². The van der Waals surface area contributed by atoms with Crippen molar-refractivity contribution in [1.29, 1.82) is 0 Å². The molecule has 0 spiro atoms. The van der Waals surface area contributed by atoms with Crippen LogP contribution in [-0.2, 0) is 16.4 Å². The van der Waals surface area contributed by atoms with E-state index in [4.69, 9.17) is 4.74 Å². The summed E-state index contributed by atoms with van der Waals surface area (Å²) < 4.78 is 35.7. The quantitative estimate of drug-likeness (QED) is 0.364. The number of amides is 1. The van der Waals surface area contributed by atoms with E-state index in [0.29, 0.717) is 28.9 Å². The van der Waals surface area contributed by atoms with Crippen molar-refractivity contribution in [2.75, 3.05) is 17.9 Å². The van der Waals surface area contributed by atoms with Gasteiger partial charge in [-0.15, -0.1) is 0 Å². The largest absolute Gasteiger partial charge is 0.492 e. The maximum absolute atomic E-state index is 13.3. The lowest BCUT2D eigenvalue weighted by Gasteiger charge is -2.36. The van der Waals surface area contributed by atoms with Crippen molar-refractivity contribution in [2.24, 2.45) is 0 Å². The van der Waals surface area contributed by atoms with Gasteiger partial charge in [-0.25, -0.2) is 8.42 Å². The molecule has 1 atom stereocenters. The first-order chi connectivity index (χ1) is 16.2. The van der Waals surface area contributed by atoms with E-state index in [-0.39, 0.29) is 22.6 Å². The van der Waals surface area contributed by atoms with E-state index in [2.05, 4.69) is 42.6 Å². The highest BCUT2D eigenvalue weighted by Gasteiger charge is 2.29. The van der Waals surface area contributed by atoms with Crippen LogP contribution in [0.2, 0.25) is 0 Å². The van der Waals surface area contributed by atoms with Gasteiger partial charge in [0.2, 0.25) is 0 Å². The molecule has 4 rings (SSSR count).